The van der Waals surface area contributed by atoms with Crippen LogP contribution in [0.15, 0.2) is 35.5 Å². The fourth-order valence-corrected chi connectivity index (χ4v) is 7.37. The van der Waals surface area contributed by atoms with Gasteiger partial charge in [-0.3, -0.25) is 0 Å². The van der Waals surface area contributed by atoms with E-state index in [1.54, 1.807) is 13.8 Å². The van der Waals surface area contributed by atoms with Crippen molar-refractivity contribution in [2.45, 2.75) is 127 Å². The Hall–Kier alpha value is -1.80. The molecule has 3 aliphatic carbocycles. The van der Waals surface area contributed by atoms with E-state index in [1.165, 1.54) is 5.57 Å². The second-order valence-corrected chi connectivity index (χ2v) is 13.3. The molecule has 3 rings (SSSR count). The zero-order valence-electron chi connectivity index (χ0n) is 24.6. The summed E-state index contributed by atoms with van der Waals surface area (Å²) in [5.74, 6) is 3.04. The van der Waals surface area contributed by atoms with Gasteiger partial charge in [-0.05, 0) is 105 Å². The lowest BCUT2D eigenvalue weighted by Crippen LogP contribution is -2.55. The van der Waals surface area contributed by atoms with Gasteiger partial charge in [-0.1, -0.05) is 43.6 Å². The monoisotopic (exact) mass is 606 g/mol. The molecule has 0 radical (unpaired) electrons. The van der Waals surface area contributed by atoms with Crippen LogP contribution in [-0.2, 0) is 0 Å². The zero-order chi connectivity index (χ0) is 31.7. The molecule has 10 heteroatoms. The lowest BCUT2D eigenvalue weighted by molar-refractivity contribution is -0.343. The molecule has 0 aromatic heterocycles. The molecule has 0 spiro atoms. The minimum atomic E-state index is -5.99. The smallest absolute Gasteiger partial charge is 0.393 e. The van der Waals surface area contributed by atoms with E-state index in [2.05, 4.69) is 19.4 Å². The summed E-state index contributed by atoms with van der Waals surface area (Å²) in [6.45, 7) is 9.40. The van der Waals surface area contributed by atoms with E-state index in [0.29, 0.717) is 31.3 Å². The van der Waals surface area contributed by atoms with Crippen LogP contribution in [0.3, 0.4) is 0 Å². The molecular weight excluding hydrogens is 562 g/mol. The lowest BCUT2D eigenvalue weighted by atomic mass is 9.60. The van der Waals surface area contributed by atoms with Crippen LogP contribution in [0.4, 0.5) is 26.3 Å². The van der Waals surface area contributed by atoms with Crippen LogP contribution in [0.2, 0.25) is 0 Å². The van der Waals surface area contributed by atoms with Crippen molar-refractivity contribution in [3.63, 3.8) is 0 Å². The molecule has 3 saturated carbocycles. The molecule has 0 heterocycles. The first-order chi connectivity index (χ1) is 19.2. The molecule has 4 N–H and O–H groups in total. The third-order valence-electron chi connectivity index (χ3n) is 9.69. The van der Waals surface area contributed by atoms with Crippen molar-refractivity contribution < 1.29 is 46.8 Å². The number of rotatable bonds is 7. The summed E-state index contributed by atoms with van der Waals surface area (Å²) < 4.78 is 79.3. The van der Waals surface area contributed by atoms with Gasteiger partial charge in [-0.15, -0.1) is 0 Å². The first-order valence-electron chi connectivity index (χ1n) is 14.7. The van der Waals surface area contributed by atoms with E-state index < -0.39 is 35.8 Å². The highest BCUT2D eigenvalue weighted by atomic mass is 19.4. The van der Waals surface area contributed by atoms with Crippen molar-refractivity contribution in [1.82, 2.24) is 0 Å². The Balaban J connectivity index is 1.89. The summed E-state index contributed by atoms with van der Waals surface area (Å²) >= 11 is 0. The second kappa shape index (κ2) is 12.7. The molecule has 3 fully saturated rings. The van der Waals surface area contributed by atoms with Gasteiger partial charge in [-0.25, -0.2) is 0 Å². The quantitative estimate of drug-likeness (QED) is 0.187. The van der Waals surface area contributed by atoms with Gasteiger partial charge in [0.15, 0.2) is 0 Å². The van der Waals surface area contributed by atoms with E-state index in [1.807, 2.05) is 12.2 Å². The predicted octanol–water partition coefficient (Wildman–Crippen LogP) is 6.93. The van der Waals surface area contributed by atoms with Crippen LogP contribution in [0.1, 0.15) is 91.4 Å². The number of allylic oxidation sites excluding steroid dienone is 3. The molecule has 4 nitrogen and oxygen atoms in total. The third kappa shape index (κ3) is 7.64. The average molecular weight is 607 g/mol. The summed E-state index contributed by atoms with van der Waals surface area (Å²) in [6, 6.07) is 0. The molecule has 0 unspecified atom stereocenters. The molecule has 0 bridgehead atoms. The highest BCUT2D eigenvalue weighted by Crippen LogP contribution is 2.60. The Morgan fingerprint density at radius 1 is 1.05 bits per heavy atom. The van der Waals surface area contributed by atoms with Gasteiger partial charge in [0.1, 0.15) is 0 Å². The van der Waals surface area contributed by atoms with Crippen molar-refractivity contribution in [3.05, 3.63) is 35.5 Å². The normalized spacial score (nSPS) is 32.1. The molecule has 0 saturated heterocycles. The fraction of sp³-hybridized carbons (Fsp3) is 0.750. The van der Waals surface area contributed by atoms with E-state index in [-0.39, 0.29) is 36.0 Å². The number of alkyl halides is 6. The molecule has 238 valence electrons. The minimum absolute atomic E-state index is 0.0203. The summed E-state index contributed by atoms with van der Waals surface area (Å²) in [7, 11) is 0. The number of fused-ring (bicyclic) bond motifs is 1. The van der Waals surface area contributed by atoms with Gasteiger partial charge in [0, 0.05) is 12.8 Å². The maximum atomic E-state index is 13.2. The maximum absolute atomic E-state index is 13.2. The number of halogens is 6. The minimum Gasteiger partial charge on any atom is -0.393 e. The SMILES string of the molecule is C=C1/C(=C\C=C2/CCC[C@]3(C)[C@@H]([C@H](CC#CC(O)(C(F)(F)F)C(F)(F)F)CCCC(C)(C)O)CC[C@@H]23)C[C@@H](O)C[C@@H]1O. The summed E-state index contributed by atoms with van der Waals surface area (Å²) in [6.07, 6.45) is -3.56. The molecule has 0 amide bonds. The van der Waals surface area contributed by atoms with Gasteiger partial charge in [-0.2, -0.15) is 26.3 Å². The molecule has 42 heavy (non-hydrogen) atoms. The van der Waals surface area contributed by atoms with Crippen LogP contribution in [0, 0.1) is 35.0 Å². The van der Waals surface area contributed by atoms with Gasteiger partial charge in [0.2, 0.25) is 0 Å². The van der Waals surface area contributed by atoms with Gasteiger partial charge in [0.25, 0.3) is 0 Å². The van der Waals surface area contributed by atoms with E-state index >= 15 is 0 Å². The van der Waals surface area contributed by atoms with Crippen molar-refractivity contribution in [2.24, 2.45) is 23.2 Å². The lowest BCUT2D eigenvalue weighted by Gasteiger charge is -2.45. The topological polar surface area (TPSA) is 80.9 Å². The van der Waals surface area contributed by atoms with Crippen LogP contribution < -0.4 is 0 Å². The van der Waals surface area contributed by atoms with Crippen LogP contribution in [-0.4, -0.2) is 56.2 Å². The standard InChI is InChI=1S/C32H44F6O4/c1-20-23(18-24(39)19-27(20)40)12-11-22-9-6-16-29(4)25(13-14-26(22)29)21(8-5-15-28(2,3)41)10-7-17-30(42,31(33,34)35)32(36,37)38/h11-12,21,24-27,39-42H,1,5-6,8-10,13-16,18-19H2,2-4H3/b22-11+,23-12-/t21-,24+,25+,26-,27-,29+/m0/s1. The molecule has 6 atom stereocenters. The van der Waals surface area contributed by atoms with E-state index in [4.69, 9.17) is 0 Å². The fourth-order valence-electron chi connectivity index (χ4n) is 7.37. The molecule has 0 aromatic rings. The highest BCUT2D eigenvalue weighted by molar-refractivity contribution is 5.38. The third-order valence-corrected chi connectivity index (χ3v) is 9.69. The van der Waals surface area contributed by atoms with E-state index in [9.17, 15) is 46.8 Å². The summed E-state index contributed by atoms with van der Waals surface area (Å²) in [5, 5.41) is 40.0. The highest BCUT2D eigenvalue weighted by Gasteiger charge is 2.70. The number of aliphatic hydroxyl groups is 4. The van der Waals surface area contributed by atoms with Crippen LogP contribution >= 0.6 is 0 Å². The second-order valence-electron chi connectivity index (χ2n) is 13.3. The van der Waals surface area contributed by atoms with Gasteiger partial charge in [0.05, 0.1) is 17.8 Å². The van der Waals surface area contributed by atoms with Gasteiger partial charge < -0.3 is 20.4 Å². The van der Waals surface area contributed by atoms with E-state index in [0.717, 1.165) is 43.6 Å². The maximum Gasteiger partial charge on any atom is 0.438 e. The number of hydrogen-bond donors (Lipinski definition) is 4. The largest absolute Gasteiger partial charge is 0.438 e. The Morgan fingerprint density at radius 3 is 2.29 bits per heavy atom. The molecule has 3 aliphatic rings. The predicted molar refractivity (Wildman–Crippen MR) is 148 cm³/mol. The van der Waals surface area contributed by atoms with Crippen molar-refractivity contribution >= 4 is 0 Å². The molecule has 0 aromatic carbocycles. The van der Waals surface area contributed by atoms with Crippen LogP contribution in [0.5, 0.6) is 0 Å². The van der Waals surface area contributed by atoms with Crippen molar-refractivity contribution in [3.8, 4) is 11.8 Å². The van der Waals surface area contributed by atoms with Crippen molar-refractivity contribution in [2.75, 3.05) is 0 Å². The number of hydrogen-bond acceptors (Lipinski definition) is 4. The molecule has 0 aliphatic heterocycles. The average Bonchev–Trinajstić information content (AvgIpc) is 3.19. The first-order valence-corrected chi connectivity index (χ1v) is 14.7. The Morgan fingerprint density at radius 2 is 1.69 bits per heavy atom. The van der Waals surface area contributed by atoms with Crippen LogP contribution in [0.25, 0.3) is 0 Å². The summed E-state index contributed by atoms with van der Waals surface area (Å²) in [4.78, 5) is 0. The Labute approximate surface area is 244 Å². The Kier molecular flexibility index (Phi) is 10.5. The van der Waals surface area contributed by atoms with Gasteiger partial charge >= 0.3 is 18.0 Å². The first kappa shape index (κ1) is 34.7. The number of aliphatic hydroxyl groups excluding tert-OH is 2. The summed E-state index contributed by atoms with van der Waals surface area (Å²) in [5.41, 5.74) is -3.75. The zero-order valence-corrected chi connectivity index (χ0v) is 24.6. The Bertz CT molecular complexity index is 1090. The van der Waals surface area contributed by atoms with Crippen molar-refractivity contribution in [1.29, 1.82) is 0 Å². The molecular formula is C32H44F6O4.